The fourth-order valence-electron chi connectivity index (χ4n) is 1.77. The van der Waals surface area contributed by atoms with Crippen molar-refractivity contribution in [3.8, 4) is 0 Å². The van der Waals surface area contributed by atoms with Gasteiger partial charge in [-0.1, -0.05) is 55.8 Å². The monoisotopic (exact) mass is 249 g/mol. The van der Waals surface area contributed by atoms with E-state index in [4.69, 9.17) is 10.9 Å². The largest absolute Gasteiger partial charge is 0.409 e. The second kappa shape index (κ2) is 7.71. The molecule has 0 fully saturated rings. The van der Waals surface area contributed by atoms with Gasteiger partial charge in [0, 0.05) is 6.54 Å². The minimum Gasteiger partial charge on any atom is -0.409 e. The zero-order valence-electron chi connectivity index (χ0n) is 11.1. The van der Waals surface area contributed by atoms with Crippen molar-refractivity contribution in [1.82, 2.24) is 5.32 Å². The molecule has 0 aliphatic heterocycles. The zero-order chi connectivity index (χ0) is 13.4. The molecule has 0 spiro atoms. The summed E-state index contributed by atoms with van der Waals surface area (Å²) in [6, 6.07) is 9.87. The van der Waals surface area contributed by atoms with Crippen molar-refractivity contribution in [2.45, 2.75) is 26.2 Å². The molecule has 0 radical (unpaired) electrons. The van der Waals surface area contributed by atoms with Gasteiger partial charge in [-0.05, 0) is 18.0 Å². The smallest absolute Gasteiger partial charge is 0.147 e. The molecule has 0 saturated carbocycles. The number of amidine groups is 1. The molecule has 0 aliphatic carbocycles. The maximum Gasteiger partial charge on any atom is 0.147 e. The molecule has 0 bridgehead atoms. The first kappa shape index (κ1) is 14.5. The lowest BCUT2D eigenvalue weighted by atomic mass is 9.97. The molecule has 2 atom stereocenters. The van der Waals surface area contributed by atoms with Crippen LogP contribution in [0.2, 0.25) is 0 Å². The van der Waals surface area contributed by atoms with Gasteiger partial charge in [-0.3, -0.25) is 0 Å². The van der Waals surface area contributed by atoms with Crippen LogP contribution in [0.3, 0.4) is 0 Å². The lowest BCUT2D eigenvalue weighted by Crippen LogP contribution is -2.33. The average Bonchev–Trinajstić information content (AvgIpc) is 2.43. The van der Waals surface area contributed by atoms with Crippen molar-refractivity contribution >= 4 is 5.84 Å². The van der Waals surface area contributed by atoms with Crippen LogP contribution < -0.4 is 11.1 Å². The summed E-state index contributed by atoms with van der Waals surface area (Å²) in [5, 5.41) is 15.4. The summed E-state index contributed by atoms with van der Waals surface area (Å²) >= 11 is 0. The lowest BCUT2D eigenvalue weighted by Gasteiger charge is -2.18. The molecule has 0 aromatic heterocycles. The highest BCUT2D eigenvalue weighted by Crippen LogP contribution is 2.15. The van der Waals surface area contributed by atoms with E-state index in [1.54, 1.807) is 0 Å². The Kier molecular flexibility index (Phi) is 6.22. The van der Waals surface area contributed by atoms with Crippen LogP contribution in [0.1, 0.15) is 31.7 Å². The Hall–Kier alpha value is -1.55. The number of oxime groups is 1. The van der Waals surface area contributed by atoms with Gasteiger partial charge in [0.2, 0.25) is 0 Å². The summed E-state index contributed by atoms with van der Waals surface area (Å²) in [6.45, 7) is 6.00. The first-order valence-corrected chi connectivity index (χ1v) is 6.42. The van der Waals surface area contributed by atoms with Crippen LogP contribution in [0.5, 0.6) is 0 Å². The van der Waals surface area contributed by atoms with Crippen LogP contribution in [-0.4, -0.2) is 24.1 Å². The molecule has 100 valence electrons. The summed E-state index contributed by atoms with van der Waals surface area (Å²) in [5.41, 5.74) is 6.82. The van der Waals surface area contributed by atoms with Gasteiger partial charge < -0.3 is 16.3 Å². The molecule has 1 aromatic rings. The van der Waals surface area contributed by atoms with Gasteiger partial charge >= 0.3 is 0 Å². The molecule has 0 saturated heterocycles. The topological polar surface area (TPSA) is 70.6 Å². The Balaban J connectivity index is 2.63. The van der Waals surface area contributed by atoms with Gasteiger partial charge in [-0.15, -0.1) is 0 Å². The Morgan fingerprint density at radius 2 is 2.00 bits per heavy atom. The van der Waals surface area contributed by atoms with Gasteiger partial charge in [0.1, 0.15) is 5.84 Å². The number of nitrogens with zero attached hydrogens (tertiary/aromatic N) is 1. The predicted molar refractivity (Wildman–Crippen MR) is 74.9 cm³/mol. The van der Waals surface area contributed by atoms with E-state index in [-0.39, 0.29) is 11.8 Å². The van der Waals surface area contributed by atoms with E-state index < -0.39 is 0 Å². The predicted octanol–water partition coefficient (Wildman–Crippen LogP) is 2.15. The van der Waals surface area contributed by atoms with Crippen molar-refractivity contribution in [3.05, 3.63) is 35.9 Å². The maximum atomic E-state index is 8.86. The van der Waals surface area contributed by atoms with Crippen molar-refractivity contribution < 1.29 is 5.21 Å². The third-order valence-electron chi connectivity index (χ3n) is 3.21. The zero-order valence-corrected chi connectivity index (χ0v) is 11.1. The van der Waals surface area contributed by atoms with Gasteiger partial charge in [0.05, 0.1) is 5.92 Å². The van der Waals surface area contributed by atoms with Crippen LogP contribution in [0.4, 0.5) is 0 Å². The summed E-state index contributed by atoms with van der Waals surface area (Å²) in [7, 11) is 0. The SMILES string of the molecule is CCC(C)CNCC(C(N)=NO)c1ccccc1. The van der Waals surface area contributed by atoms with Gasteiger partial charge in [0.15, 0.2) is 0 Å². The molecule has 2 unspecified atom stereocenters. The van der Waals surface area contributed by atoms with Gasteiger partial charge in [-0.2, -0.15) is 0 Å². The number of nitrogens with two attached hydrogens (primary N) is 1. The van der Waals surface area contributed by atoms with E-state index >= 15 is 0 Å². The Bertz CT molecular complexity index is 365. The first-order chi connectivity index (χ1) is 8.69. The maximum absolute atomic E-state index is 8.86. The molecule has 0 aliphatic rings. The molecule has 1 aromatic carbocycles. The molecule has 18 heavy (non-hydrogen) atoms. The fourth-order valence-corrected chi connectivity index (χ4v) is 1.77. The van der Waals surface area contributed by atoms with E-state index in [2.05, 4.69) is 24.3 Å². The molecule has 0 heterocycles. The van der Waals surface area contributed by atoms with Crippen molar-refractivity contribution in [2.24, 2.45) is 16.8 Å². The number of hydrogen-bond donors (Lipinski definition) is 3. The summed E-state index contributed by atoms with van der Waals surface area (Å²) in [6.07, 6.45) is 1.15. The standard InChI is InChI=1S/C14H23N3O/c1-3-11(2)9-16-10-13(14(15)17-18)12-7-5-4-6-8-12/h4-8,11,13,16,18H,3,9-10H2,1-2H3,(H2,15,17). The third-order valence-corrected chi connectivity index (χ3v) is 3.21. The second-order valence-corrected chi connectivity index (χ2v) is 4.66. The van der Waals surface area contributed by atoms with Crippen molar-refractivity contribution in [3.63, 3.8) is 0 Å². The number of benzene rings is 1. The minimum atomic E-state index is -0.0831. The minimum absolute atomic E-state index is 0.0831. The van der Waals surface area contributed by atoms with Crippen LogP contribution in [-0.2, 0) is 0 Å². The molecular formula is C14H23N3O. The van der Waals surface area contributed by atoms with Crippen LogP contribution >= 0.6 is 0 Å². The summed E-state index contributed by atoms with van der Waals surface area (Å²) in [4.78, 5) is 0. The normalized spacial score (nSPS) is 15.3. The van der Waals surface area contributed by atoms with Crippen molar-refractivity contribution in [1.29, 1.82) is 0 Å². The average molecular weight is 249 g/mol. The fraction of sp³-hybridized carbons (Fsp3) is 0.500. The van der Waals surface area contributed by atoms with Crippen LogP contribution in [0.15, 0.2) is 35.5 Å². The molecule has 4 nitrogen and oxygen atoms in total. The molecule has 4 N–H and O–H groups in total. The second-order valence-electron chi connectivity index (χ2n) is 4.66. The van der Waals surface area contributed by atoms with E-state index in [9.17, 15) is 0 Å². The Morgan fingerprint density at radius 1 is 1.33 bits per heavy atom. The number of rotatable bonds is 7. The molecular weight excluding hydrogens is 226 g/mol. The Labute approximate surface area is 109 Å². The van der Waals surface area contributed by atoms with E-state index in [1.807, 2.05) is 30.3 Å². The quantitative estimate of drug-likeness (QED) is 0.300. The molecule has 1 rings (SSSR count). The van der Waals surface area contributed by atoms with Gasteiger partial charge in [-0.25, -0.2) is 0 Å². The Morgan fingerprint density at radius 3 is 2.56 bits per heavy atom. The van der Waals surface area contributed by atoms with Crippen LogP contribution in [0.25, 0.3) is 0 Å². The van der Waals surface area contributed by atoms with E-state index in [1.165, 1.54) is 0 Å². The third kappa shape index (κ3) is 4.37. The lowest BCUT2D eigenvalue weighted by molar-refractivity contribution is 0.315. The van der Waals surface area contributed by atoms with Crippen LogP contribution in [0, 0.1) is 5.92 Å². The highest BCUT2D eigenvalue weighted by Gasteiger charge is 2.16. The first-order valence-electron chi connectivity index (χ1n) is 6.42. The number of hydrogen-bond acceptors (Lipinski definition) is 3. The van der Waals surface area contributed by atoms with Crippen molar-refractivity contribution in [2.75, 3.05) is 13.1 Å². The molecule has 4 heteroatoms. The summed E-state index contributed by atoms with van der Waals surface area (Å²) in [5.74, 6) is 0.798. The highest BCUT2D eigenvalue weighted by molar-refractivity contribution is 5.87. The van der Waals surface area contributed by atoms with E-state index in [0.29, 0.717) is 12.5 Å². The molecule has 0 amide bonds. The van der Waals surface area contributed by atoms with E-state index in [0.717, 1.165) is 18.5 Å². The summed E-state index contributed by atoms with van der Waals surface area (Å²) < 4.78 is 0. The highest BCUT2D eigenvalue weighted by atomic mass is 16.4. The van der Waals surface area contributed by atoms with Gasteiger partial charge in [0.25, 0.3) is 0 Å². The number of nitrogens with one attached hydrogen (secondary N) is 1.